The first-order valence-corrected chi connectivity index (χ1v) is 12.1. The van der Waals surface area contributed by atoms with Crippen molar-refractivity contribution in [3.05, 3.63) is 46.5 Å². The van der Waals surface area contributed by atoms with E-state index in [9.17, 15) is 18.0 Å². The second-order valence-electron chi connectivity index (χ2n) is 8.11. The number of amides is 2. The lowest BCUT2D eigenvalue weighted by atomic mass is 10.1. The lowest BCUT2D eigenvalue weighted by Crippen LogP contribution is -2.43. The first-order chi connectivity index (χ1) is 15.1. The molecule has 0 spiro atoms. The highest BCUT2D eigenvalue weighted by molar-refractivity contribution is 7.89. The second-order valence-corrected chi connectivity index (χ2v) is 10.4. The Hall–Kier alpha value is -2.62. The van der Waals surface area contributed by atoms with Gasteiger partial charge in [0.05, 0.1) is 21.3 Å². The molecule has 0 radical (unpaired) electrons. The molecule has 2 aromatic rings. The number of ether oxygens (including phenoxy) is 1. The lowest BCUT2D eigenvalue weighted by Gasteiger charge is -2.27. The standard InChI is InChI=1S/C22H24ClN3O5S/c1-12-6-7-16(15(23)9-12)24-22(28)18-5-4-8-26(18)32(29,30)20-11-19-17(10-13(20)2)25-21(27)14(3)31-19/h6-7,9-11,14,18H,4-5,8H2,1-3H3,(H,24,28)(H,25,27). The third kappa shape index (κ3) is 4.07. The summed E-state index contributed by atoms with van der Waals surface area (Å²) >= 11 is 6.22. The van der Waals surface area contributed by atoms with Gasteiger partial charge in [0, 0.05) is 12.6 Å². The molecular formula is C22H24ClN3O5S. The van der Waals surface area contributed by atoms with Crippen LogP contribution in [0.1, 0.15) is 30.9 Å². The van der Waals surface area contributed by atoms with Crippen molar-refractivity contribution in [2.75, 3.05) is 17.2 Å². The molecule has 4 rings (SSSR count). The van der Waals surface area contributed by atoms with Crippen molar-refractivity contribution in [1.29, 1.82) is 0 Å². The molecule has 0 aliphatic carbocycles. The van der Waals surface area contributed by atoms with Gasteiger partial charge in [0.15, 0.2) is 6.10 Å². The van der Waals surface area contributed by atoms with Crippen molar-refractivity contribution in [1.82, 2.24) is 4.31 Å². The van der Waals surface area contributed by atoms with E-state index in [-0.39, 0.29) is 23.1 Å². The van der Waals surface area contributed by atoms with Gasteiger partial charge in [-0.1, -0.05) is 17.7 Å². The van der Waals surface area contributed by atoms with Gasteiger partial charge >= 0.3 is 0 Å². The third-order valence-corrected chi connectivity index (χ3v) is 8.05. The van der Waals surface area contributed by atoms with E-state index in [1.165, 1.54) is 10.4 Å². The molecule has 1 fully saturated rings. The molecule has 8 nitrogen and oxygen atoms in total. The number of carbonyl (C=O) groups is 2. The van der Waals surface area contributed by atoms with Crippen LogP contribution in [0.15, 0.2) is 35.2 Å². The molecule has 2 N–H and O–H groups in total. The summed E-state index contributed by atoms with van der Waals surface area (Å²) in [4.78, 5) is 24.9. The number of benzene rings is 2. The molecule has 2 amide bonds. The van der Waals surface area contributed by atoms with Gasteiger partial charge in [-0.2, -0.15) is 4.31 Å². The van der Waals surface area contributed by atoms with Crippen LogP contribution in [0.25, 0.3) is 0 Å². The van der Waals surface area contributed by atoms with Crippen LogP contribution in [-0.4, -0.2) is 43.2 Å². The summed E-state index contributed by atoms with van der Waals surface area (Å²) in [5.74, 6) is -0.434. The van der Waals surface area contributed by atoms with Gasteiger partial charge in [-0.25, -0.2) is 8.42 Å². The normalized spacial score (nSPS) is 20.9. The van der Waals surface area contributed by atoms with Crippen molar-refractivity contribution in [2.24, 2.45) is 0 Å². The Balaban J connectivity index is 1.63. The van der Waals surface area contributed by atoms with Crippen LogP contribution in [0, 0.1) is 13.8 Å². The minimum atomic E-state index is -3.99. The van der Waals surface area contributed by atoms with E-state index in [4.69, 9.17) is 16.3 Å². The average molecular weight is 478 g/mol. The average Bonchev–Trinajstić information content (AvgIpc) is 3.22. The zero-order chi connectivity index (χ0) is 23.2. The Morgan fingerprint density at radius 3 is 2.72 bits per heavy atom. The highest BCUT2D eigenvalue weighted by atomic mass is 35.5. The molecule has 1 saturated heterocycles. The van der Waals surface area contributed by atoms with E-state index in [2.05, 4.69) is 10.6 Å². The van der Waals surface area contributed by atoms with E-state index in [1.807, 2.05) is 13.0 Å². The van der Waals surface area contributed by atoms with Crippen molar-refractivity contribution in [2.45, 2.75) is 50.7 Å². The molecule has 0 aromatic heterocycles. The maximum absolute atomic E-state index is 13.5. The smallest absolute Gasteiger partial charge is 0.265 e. The van der Waals surface area contributed by atoms with Crippen LogP contribution in [0.3, 0.4) is 0 Å². The molecule has 2 heterocycles. The van der Waals surface area contributed by atoms with Gasteiger partial charge in [-0.3, -0.25) is 9.59 Å². The van der Waals surface area contributed by atoms with Gasteiger partial charge < -0.3 is 15.4 Å². The minimum absolute atomic E-state index is 0.0488. The number of carbonyl (C=O) groups excluding carboxylic acids is 2. The van der Waals surface area contributed by atoms with Crippen molar-refractivity contribution >= 4 is 44.8 Å². The Morgan fingerprint density at radius 2 is 2.00 bits per heavy atom. The number of sulfonamides is 1. The summed E-state index contributed by atoms with van der Waals surface area (Å²) in [6, 6.07) is 7.39. The first kappa shape index (κ1) is 22.6. The second kappa shape index (κ2) is 8.38. The van der Waals surface area contributed by atoms with Crippen molar-refractivity contribution in [3.8, 4) is 5.75 Å². The van der Waals surface area contributed by atoms with Crippen LogP contribution >= 0.6 is 11.6 Å². The Labute approximate surface area is 191 Å². The number of nitrogens with one attached hydrogen (secondary N) is 2. The largest absolute Gasteiger partial charge is 0.479 e. The Bertz CT molecular complexity index is 1210. The summed E-state index contributed by atoms with van der Waals surface area (Å²) < 4.78 is 33.9. The summed E-state index contributed by atoms with van der Waals surface area (Å²) in [5, 5.41) is 5.87. The molecule has 10 heteroatoms. The van der Waals surface area contributed by atoms with Crippen LogP contribution in [0.5, 0.6) is 5.75 Å². The monoisotopic (exact) mass is 477 g/mol. The van der Waals surface area contributed by atoms with Crippen molar-refractivity contribution < 1.29 is 22.7 Å². The van der Waals surface area contributed by atoms with Crippen LogP contribution in [0.2, 0.25) is 5.02 Å². The predicted octanol–water partition coefficient (Wildman–Crippen LogP) is 3.47. The molecule has 2 unspecified atom stereocenters. The number of aryl methyl sites for hydroxylation is 2. The maximum atomic E-state index is 13.5. The number of hydrogen-bond acceptors (Lipinski definition) is 5. The van der Waals surface area contributed by atoms with Gasteiger partial charge in [-0.05, 0) is 62.9 Å². The number of nitrogens with zero attached hydrogens (tertiary/aromatic N) is 1. The van der Waals surface area contributed by atoms with Gasteiger partial charge in [-0.15, -0.1) is 0 Å². The van der Waals surface area contributed by atoms with Crippen LogP contribution in [-0.2, 0) is 19.6 Å². The highest BCUT2D eigenvalue weighted by Crippen LogP contribution is 2.37. The van der Waals surface area contributed by atoms with E-state index in [0.717, 1.165) is 5.56 Å². The number of rotatable bonds is 4. The number of hydrogen-bond donors (Lipinski definition) is 2. The zero-order valence-electron chi connectivity index (χ0n) is 17.9. The summed E-state index contributed by atoms with van der Waals surface area (Å²) in [7, 11) is -3.99. The van der Waals surface area contributed by atoms with Gasteiger partial charge in [0.25, 0.3) is 5.91 Å². The minimum Gasteiger partial charge on any atom is -0.479 e. The Morgan fingerprint density at radius 1 is 1.25 bits per heavy atom. The number of fused-ring (bicyclic) bond motifs is 1. The molecule has 2 atom stereocenters. The molecule has 0 bridgehead atoms. The highest BCUT2D eigenvalue weighted by Gasteiger charge is 2.41. The third-order valence-electron chi connectivity index (χ3n) is 5.68. The van der Waals surface area contributed by atoms with E-state index < -0.39 is 28.1 Å². The molecule has 2 aliphatic rings. The Kier molecular flexibility index (Phi) is 5.91. The fourth-order valence-electron chi connectivity index (χ4n) is 3.97. The molecule has 2 aromatic carbocycles. The van der Waals surface area contributed by atoms with E-state index in [0.29, 0.717) is 34.8 Å². The number of anilines is 2. The fourth-order valence-corrected chi connectivity index (χ4v) is 6.14. The summed E-state index contributed by atoms with van der Waals surface area (Å²) in [5.41, 5.74) is 2.27. The SMILES string of the molecule is Cc1ccc(NC(=O)C2CCCN2S(=O)(=O)c2cc3c(cc2C)NC(=O)C(C)O3)c(Cl)c1. The van der Waals surface area contributed by atoms with Gasteiger partial charge in [0.1, 0.15) is 11.8 Å². The zero-order valence-corrected chi connectivity index (χ0v) is 19.5. The lowest BCUT2D eigenvalue weighted by molar-refractivity contribution is -0.122. The van der Waals surface area contributed by atoms with E-state index >= 15 is 0 Å². The van der Waals surface area contributed by atoms with Gasteiger partial charge in [0.2, 0.25) is 15.9 Å². The summed E-state index contributed by atoms with van der Waals surface area (Å²) in [6.07, 6.45) is 0.236. The molecule has 2 aliphatic heterocycles. The predicted molar refractivity (Wildman–Crippen MR) is 122 cm³/mol. The van der Waals surface area contributed by atoms with Crippen molar-refractivity contribution in [3.63, 3.8) is 0 Å². The molecule has 32 heavy (non-hydrogen) atoms. The van der Waals surface area contributed by atoms with E-state index in [1.54, 1.807) is 32.0 Å². The van der Waals surface area contributed by atoms with Crippen LogP contribution < -0.4 is 15.4 Å². The summed E-state index contributed by atoms with van der Waals surface area (Å²) in [6.45, 7) is 5.35. The molecular weight excluding hydrogens is 454 g/mol. The number of halogens is 1. The maximum Gasteiger partial charge on any atom is 0.265 e. The fraction of sp³-hybridized carbons (Fsp3) is 0.364. The first-order valence-electron chi connectivity index (χ1n) is 10.3. The molecule has 170 valence electrons. The van der Waals surface area contributed by atoms with Crippen LogP contribution in [0.4, 0.5) is 11.4 Å². The quantitative estimate of drug-likeness (QED) is 0.701. The topological polar surface area (TPSA) is 105 Å². The molecule has 0 saturated carbocycles.